The van der Waals surface area contributed by atoms with Crippen LogP contribution in [0.3, 0.4) is 0 Å². The molecular weight excluding hydrogens is 348 g/mol. The number of nitrogens with one attached hydrogen (secondary N) is 1. The minimum absolute atomic E-state index is 0.0557. The van der Waals surface area contributed by atoms with Crippen molar-refractivity contribution in [2.75, 3.05) is 13.9 Å². The van der Waals surface area contributed by atoms with E-state index >= 15 is 0 Å². The molecule has 3 N–H and O–H groups in total. The molecule has 8 heteroatoms. The number of aromatic amines is 1. The molecule has 0 saturated carbocycles. The lowest BCUT2D eigenvalue weighted by Gasteiger charge is -2.24. The van der Waals surface area contributed by atoms with Gasteiger partial charge in [-0.15, -0.1) is 5.10 Å². The highest BCUT2D eigenvalue weighted by molar-refractivity contribution is 5.61. The number of ether oxygens (including phenoxy) is 4. The molecule has 140 valence electrons. The van der Waals surface area contributed by atoms with Crippen molar-refractivity contribution in [3.63, 3.8) is 0 Å². The molecule has 0 bridgehead atoms. The Labute approximate surface area is 156 Å². The topological polar surface area (TPSA) is 115 Å². The molecule has 3 heterocycles. The average molecular weight is 368 g/mol. The van der Waals surface area contributed by atoms with E-state index in [1.54, 1.807) is 7.11 Å². The Morgan fingerprint density at radius 1 is 1.41 bits per heavy atom. The van der Waals surface area contributed by atoms with E-state index in [-0.39, 0.29) is 12.7 Å². The number of nitrogens with zero attached hydrogens (tertiary/aromatic N) is 2. The maximum Gasteiger partial charge on any atom is 0.244 e. The van der Waals surface area contributed by atoms with Crippen molar-refractivity contribution in [1.29, 1.82) is 5.26 Å². The Kier molecular flexibility index (Phi) is 4.28. The number of rotatable bonds is 5. The smallest absolute Gasteiger partial charge is 0.244 e. The summed E-state index contributed by atoms with van der Waals surface area (Å²) in [4.78, 5) is 0. The van der Waals surface area contributed by atoms with Crippen LogP contribution in [0.1, 0.15) is 42.5 Å². The molecule has 1 aromatic carbocycles. The predicted molar refractivity (Wildman–Crippen MR) is 95.6 cm³/mol. The summed E-state index contributed by atoms with van der Waals surface area (Å²) >= 11 is 0. The molecule has 0 radical (unpaired) electrons. The SMILES string of the molecule is CCCCc1[nH]nc2c1[C@H](c1cc(OC)c3c(c1)OCO3)C(C#N)=C(N)O2. The third-order valence-electron chi connectivity index (χ3n) is 4.81. The number of aromatic nitrogens is 2. The van der Waals surface area contributed by atoms with Gasteiger partial charge in [0.2, 0.25) is 24.3 Å². The number of hydrogen-bond acceptors (Lipinski definition) is 7. The molecule has 4 rings (SSSR count). The Morgan fingerprint density at radius 2 is 2.26 bits per heavy atom. The number of hydrogen-bond donors (Lipinski definition) is 2. The fourth-order valence-corrected chi connectivity index (χ4v) is 3.50. The number of nitrogens with two attached hydrogens (primary N) is 1. The third-order valence-corrected chi connectivity index (χ3v) is 4.81. The van der Waals surface area contributed by atoms with Crippen molar-refractivity contribution in [2.45, 2.75) is 32.1 Å². The lowest BCUT2D eigenvalue weighted by atomic mass is 9.83. The van der Waals surface area contributed by atoms with Gasteiger partial charge in [0.15, 0.2) is 11.5 Å². The van der Waals surface area contributed by atoms with E-state index in [9.17, 15) is 5.26 Å². The summed E-state index contributed by atoms with van der Waals surface area (Å²) in [7, 11) is 1.57. The van der Waals surface area contributed by atoms with E-state index in [0.717, 1.165) is 36.1 Å². The van der Waals surface area contributed by atoms with E-state index in [1.165, 1.54) is 0 Å². The van der Waals surface area contributed by atoms with Crippen LogP contribution in [-0.2, 0) is 6.42 Å². The fourth-order valence-electron chi connectivity index (χ4n) is 3.50. The molecule has 2 aliphatic rings. The maximum atomic E-state index is 9.76. The number of fused-ring (bicyclic) bond motifs is 2. The zero-order valence-corrected chi connectivity index (χ0v) is 15.2. The molecule has 0 fully saturated rings. The highest BCUT2D eigenvalue weighted by atomic mass is 16.7. The molecule has 1 aromatic heterocycles. The van der Waals surface area contributed by atoms with Crippen molar-refractivity contribution in [2.24, 2.45) is 5.73 Å². The highest BCUT2D eigenvalue weighted by Crippen LogP contribution is 2.48. The third kappa shape index (κ3) is 2.72. The maximum absolute atomic E-state index is 9.76. The molecule has 0 amide bonds. The van der Waals surface area contributed by atoms with Crippen molar-refractivity contribution in [1.82, 2.24) is 10.2 Å². The van der Waals surface area contributed by atoms with Crippen molar-refractivity contribution in [3.05, 3.63) is 40.4 Å². The van der Waals surface area contributed by atoms with Crippen LogP contribution < -0.4 is 24.7 Å². The van der Waals surface area contributed by atoms with Crippen LogP contribution in [0, 0.1) is 11.3 Å². The van der Waals surface area contributed by atoms with Gasteiger partial charge in [-0.25, -0.2) is 0 Å². The van der Waals surface area contributed by atoms with E-state index in [1.807, 2.05) is 12.1 Å². The lowest BCUT2D eigenvalue weighted by Crippen LogP contribution is -2.21. The number of unbranched alkanes of at least 4 members (excludes halogenated alkanes) is 1. The van der Waals surface area contributed by atoms with Gasteiger partial charge in [0.05, 0.1) is 13.0 Å². The first-order valence-corrected chi connectivity index (χ1v) is 8.80. The van der Waals surface area contributed by atoms with E-state index < -0.39 is 5.92 Å². The molecule has 0 spiro atoms. The second-order valence-corrected chi connectivity index (χ2v) is 6.41. The Hall–Kier alpha value is -3.34. The number of allylic oxidation sites excluding steroid dienone is 1. The summed E-state index contributed by atoms with van der Waals surface area (Å²) in [6.07, 6.45) is 2.84. The number of methoxy groups -OCH3 is 1. The van der Waals surface area contributed by atoms with Crippen LogP contribution >= 0.6 is 0 Å². The number of nitriles is 1. The molecule has 8 nitrogen and oxygen atoms in total. The molecular formula is C19H20N4O4. The predicted octanol–water partition coefficient (Wildman–Crippen LogP) is 2.71. The van der Waals surface area contributed by atoms with E-state index in [4.69, 9.17) is 24.7 Å². The van der Waals surface area contributed by atoms with Gasteiger partial charge in [-0.1, -0.05) is 13.3 Å². The summed E-state index contributed by atoms with van der Waals surface area (Å²) in [5.74, 6) is 1.71. The Bertz CT molecular complexity index is 957. The minimum atomic E-state index is -0.423. The van der Waals surface area contributed by atoms with Crippen LogP contribution in [0.4, 0.5) is 0 Å². The summed E-state index contributed by atoms with van der Waals surface area (Å²) < 4.78 is 22.1. The van der Waals surface area contributed by atoms with Crippen molar-refractivity contribution < 1.29 is 18.9 Å². The lowest BCUT2D eigenvalue weighted by molar-refractivity contribution is 0.171. The summed E-state index contributed by atoms with van der Waals surface area (Å²) in [6.45, 7) is 2.25. The molecule has 0 aliphatic carbocycles. The average Bonchev–Trinajstić information content (AvgIpc) is 3.31. The zero-order chi connectivity index (χ0) is 19.0. The number of H-pyrrole nitrogens is 1. The van der Waals surface area contributed by atoms with Crippen LogP contribution in [0.5, 0.6) is 23.1 Å². The molecule has 0 saturated heterocycles. The molecule has 2 aliphatic heterocycles. The minimum Gasteiger partial charge on any atom is -0.493 e. The largest absolute Gasteiger partial charge is 0.493 e. The van der Waals surface area contributed by atoms with E-state index in [0.29, 0.717) is 28.7 Å². The van der Waals surface area contributed by atoms with Gasteiger partial charge in [0.1, 0.15) is 11.6 Å². The van der Waals surface area contributed by atoms with Crippen LogP contribution in [0.25, 0.3) is 0 Å². The van der Waals surface area contributed by atoms with Crippen molar-refractivity contribution >= 4 is 0 Å². The zero-order valence-electron chi connectivity index (χ0n) is 15.2. The Morgan fingerprint density at radius 3 is 3.00 bits per heavy atom. The standard InChI is InChI=1S/C19H20N4O4/c1-3-4-5-12-16-15(11(8-20)18(21)27-19(16)23-22-12)10-6-13(24-2)17-14(7-10)25-9-26-17/h6-7,15H,3-5,9,21H2,1-2H3,(H,22,23)/t15-/m1/s1. The second-order valence-electron chi connectivity index (χ2n) is 6.41. The number of benzene rings is 1. The molecule has 0 unspecified atom stereocenters. The summed E-state index contributed by atoms with van der Waals surface area (Å²) in [5.41, 5.74) is 8.93. The molecule has 1 atom stereocenters. The number of aryl methyl sites for hydroxylation is 1. The van der Waals surface area contributed by atoms with Crippen LogP contribution in [0.15, 0.2) is 23.6 Å². The molecule has 27 heavy (non-hydrogen) atoms. The molecule has 2 aromatic rings. The van der Waals surface area contributed by atoms with Crippen LogP contribution in [-0.4, -0.2) is 24.1 Å². The second kappa shape index (κ2) is 6.76. The quantitative estimate of drug-likeness (QED) is 0.833. The van der Waals surface area contributed by atoms with Gasteiger partial charge in [0.25, 0.3) is 0 Å². The van der Waals surface area contributed by atoms with Crippen LogP contribution in [0.2, 0.25) is 0 Å². The van der Waals surface area contributed by atoms with E-state index in [2.05, 4.69) is 23.2 Å². The first-order valence-electron chi connectivity index (χ1n) is 8.80. The van der Waals surface area contributed by atoms with Gasteiger partial charge < -0.3 is 24.7 Å². The van der Waals surface area contributed by atoms with Gasteiger partial charge in [0, 0.05) is 11.3 Å². The van der Waals surface area contributed by atoms with Gasteiger partial charge in [-0.2, -0.15) is 5.26 Å². The van der Waals surface area contributed by atoms with Gasteiger partial charge in [-0.3, -0.25) is 5.10 Å². The van der Waals surface area contributed by atoms with Gasteiger partial charge >= 0.3 is 0 Å². The highest BCUT2D eigenvalue weighted by Gasteiger charge is 2.36. The first-order chi connectivity index (χ1) is 13.2. The monoisotopic (exact) mass is 368 g/mol. The van der Waals surface area contributed by atoms with Gasteiger partial charge in [-0.05, 0) is 30.5 Å². The fraction of sp³-hybridized carbons (Fsp3) is 0.368. The normalized spacial score (nSPS) is 17.3. The summed E-state index contributed by atoms with van der Waals surface area (Å²) in [6, 6.07) is 5.89. The first kappa shape index (κ1) is 17.1. The Balaban J connectivity index is 1.89. The summed E-state index contributed by atoms with van der Waals surface area (Å²) in [5, 5.41) is 17.1. The van der Waals surface area contributed by atoms with Crippen molar-refractivity contribution in [3.8, 4) is 29.2 Å².